The Kier molecular flexibility index (Phi) is 4.34. The third-order valence-corrected chi connectivity index (χ3v) is 5.05. The number of benzene rings is 1. The van der Waals surface area contributed by atoms with E-state index in [1.807, 2.05) is 18.2 Å². The van der Waals surface area contributed by atoms with Crippen LogP contribution >= 0.6 is 15.9 Å². The molecule has 1 atom stereocenters. The van der Waals surface area contributed by atoms with Crippen molar-refractivity contribution in [3.05, 3.63) is 28.2 Å². The Bertz CT molecular complexity index is 469. The number of hydrogen-bond acceptors (Lipinski definition) is 3. The lowest BCUT2D eigenvalue weighted by molar-refractivity contribution is -0.108. The molecule has 4 heteroatoms. The van der Waals surface area contributed by atoms with Gasteiger partial charge >= 0.3 is 0 Å². The summed E-state index contributed by atoms with van der Waals surface area (Å²) in [4.78, 5) is 0. The first-order valence-corrected chi connectivity index (χ1v) is 8.20. The van der Waals surface area contributed by atoms with Gasteiger partial charge in [0, 0.05) is 12.8 Å². The average Bonchev–Trinajstić information content (AvgIpc) is 2.89. The standard InChI is InChI=1S/C16H21BrO3/c17-14-9-12(11-18)3-4-15(14)20-13-5-8-19-16(10-13)6-1-2-7-16/h3-4,9,13,18H,1-2,5-8,10-11H2. The molecule has 2 fully saturated rings. The first kappa shape index (κ1) is 14.4. The maximum Gasteiger partial charge on any atom is 0.133 e. The van der Waals surface area contributed by atoms with Crippen molar-refractivity contribution in [3.63, 3.8) is 0 Å². The van der Waals surface area contributed by atoms with Crippen LogP contribution in [0.2, 0.25) is 0 Å². The summed E-state index contributed by atoms with van der Waals surface area (Å²) in [5, 5.41) is 9.14. The van der Waals surface area contributed by atoms with E-state index in [2.05, 4.69) is 15.9 Å². The Balaban J connectivity index is 1.68. The minimum absolute atomic E-state index is 0.0548. The maximum atomic E-state index is 9.14. The summed E-state index contributed by atoms with van der Waals surface area (Å²) < 4.78 is 13.1. The molecule has 1 N–H and O–H groups in total. The molecule has 1 spiro atoms. The first-order valence-electron chi connectivity index (χ1n) is 7.41. The summed E-state index contributed by atoms with van der Waals surface area (Å²) in [6.45, 7) is 0.857. The van der Waals surface area contributed by atoms with E-state index in [1.54, 1.807) is 0 Å². The molecule has 1 aliphatic heterocycles. The highest BCUT2D eigenvalue weighted by atomic mass is 79.9. The average molecular weight is 341 g/mol. The third-order valence-electron chi connectivity index (χ3n) is 4.44. The van der Waals surface area contributed by atoms with E-state index >= 15 is 0 Å². The molecule has 1 aliphatic carbocycles. The molecule has 3 nitrogen and oxygen atoms in total. The topological polar surface area (TPSA) is 38.7 Å². The summed E-state index contributed by atoms with van der Waals surface area (Å²) in [6, 6.07) is 5.76. The van der Waals surface area contributed by atoms with Crippen molar-refractivity contribution < 1.29 is 14.6 Å². The molecular formula is C16H21BrO3. The lowest BCUT2D eigenvalue weighted by Crippen LogP contribution is -2.41. The Morgan fingerprint density at radius 3 is 2.85 bits per heavy atom. The number of hydrogen-bond donors (Lipinski definition) is 1. The SMILES string of the molecule is OCc1ccc(OC2CCOC3(CCCC3)C2)c(Br)c1. The van der Waals surface area contributed by atoms with E-state index in [-0.39, 0.29) is 18.3 Å². The van der Waals surface area contributed by atoms with Crippen LogP contribution in [-0.4, -0.2) is 23.4 Å². The van der Waals surface area contributed by atoms with Gasteiger partial charge in [0.1, 0.15) is 11.9 Å². The molecule has 1 heterocycles. The molecule has 1 aromatic carbocycles. The first-order chi connectivity index (χ1) is 9.71. The van der Waals surface area contributed by atoms with E-state index in [4.69, 9.17) is 14.6 Å². The zero-order chi connectivity index (χ0) is 14.0. The second kappa shape index (κ2) is 6.04. The fourth-order valence-corrected chi connectivity index (χ4v) is 3.89. The molecule has 1 saturated carbocycles. The number of aliphatic hydroxyl groups excluding tert-OH is 1. The fraction of sp³-hybridized carbons (Fsp3) is 0.625. The zero-order valence-corrected chi connectivity index (χ0v) is 13.2. The summed E-state index contributed by atoms with van der Waals surface area (Å²) in [5.41, 5.74) is 0.976. The van der Waals surface area contributed by atoms with Gasteiger partial charge < -0.3 is 14.6 Å². The van der Waals surface area contributed by atoms with E-state index in [0.717, 1.165) is 35.2 Å². The maximum absolute atomic E-state index is 9.14. The predicted molar refractivity (Wildman–Crippen MR) is 80.9 cm³/mol. The smallest absolute Gasteiger partial charge is 0.133 e. The van der Waals surface area contributed by atoms with Gasteiger partial charge in [0.15, 0.2) is 0 Å². The van der Waals surface area contributed by atoms with Crippen molar-refractivity contribution in [1.82, 2.24) is 0 Å². The Morgan fingerprint density at radius 2 is 2.15 bits per heavy atom. The predicted octanol–water partition coefficient (Wildman–Crippen LogP) is 3.81. The quantitative estimate of drug-likeness (QED) is 0.909. The molecule has 1 unspecified atom stereocenters. The Labute approximate surface area is 128 Å². The van der Waals surface area contributed by atoms with Gasteiger partial charge in [-0.05, 0) is 46.5 Å². The van der Waals surface area contributed by atoms with Gasteiger partial charge in [-0.3, -0.25) is 0 Å². The lowest BCUT2D eigenvalue weighted by atomic mass is 9.90. The lowest BCUT2D eigenvalue weighted by Gasteiger charge is -2.38. The van der Waals surface area contributed by atoms with Crippen LogP contribution in [0.4, 0.5) is 0 Å². The molecule has 0 radical (unpaired) electrons. The molecule has 0 amide bonds. The minimum atomic E-state index is 0.0548. The van der Waals surface area contributed by atoms with Gasteiger partial charge in [0.2, 0.25) is 0 Å². The highest BCUT2D eigenvalue weighted by molar-refractivity contribution is 9.10. The van der Waals surface area contributed by atoms with Gasteiger partial charge in [-0.2, -0.15) is 0 Å². The van der Waals surface area contributed by atoms with Crippen molar-refractivity contribution in [2.24, 2.45) is 0 Å². The van der Waals surface area contributed by atoms with Gasteiger partial charge in [-0.1, -0.05) is 18.9 Å². The molecule has 1 aromatic rings. The molecule has 1 saturated heterocycles. The normalized spacial score (nSPS) is 25.0. The fourth-order valence-electron chi connectivity index (χ4n) is 3.37. The largest absolute Gasteiger partial charge is 0.489 e. The monoisotopic (exact) mass is 340 g/mol. The molecule has 20 heavy (non-hydrogen) atoms. The van der Waals surface area contributed by atoms with E-state index < -0.39 is 0 Å². The van der Waals surface area contributed by atoms with E-state index in [9.17, 15) is 0 Å². The second-order valence-corrected chi connectivity index (χ2v) is 6.75. The van der Waals surface area contributed by atoms with Gasteiger partial charge in [-0.15, -0.1) is 0 Å². The summed E-state index contributed by atoms with van der Waals surface area (Å²) in [6.07, 6.45) is 7.10. The second-order valence-electron chi connectivity index (χ2n) is 5.89. The molecule has 110 valence electrons. The van der Waals surface area contributed by atoms with Crippen LogP contribution in [0.25, 0.3) is 0 Å². The van der Waals surface area contributed by atoms with Gasteiger partial charge in [-0.25, -0.2) is 0 Å². The molecular weight excluding hydrogens is 320 g/mol. The minimum Gasteiger partial charge on any atom is -0.489 e. The van der Waals surface area contributed by atoms with Gasteiger partial charge in [0.25, 0.3) is 0 Å². The highest BCUT2D eigenvalue weighted by Gasteiger charge is 2.40. The number of rotatable bonds is 3. The molecule has 0 bridgehead atoms. The Hall–Kier alpha value is -0.580. The van der Waals surface area contributed by atoms with Crippen molar-refractivity contribution >= 4 is 15.9 Å². The van der Waals surface area contributed by atoms with Crippen molar-refractivity contribution in [2.75, 3.05) is 6.61 Å². The molecule has 0 aromatic heterocycles. The van der Waals surface area contributed by atoms with E-state index in [1.165, 1.54) is 25.7 Å². The zero-order valence-electron chi connectivity index (χ0n) is 11.6. The van der Waals surface area contributed by atoms with Crippen LogP contribution in [0.3, 0.4) is 0 Å². The van der Waals surface area contributed by atoms with Crippen molar-refractivity contribution in [2.45, 2.75) is 56.8 Å². The van der Waals surface area contributed by atoms with Crippen LogP contribution in [0.15, 0.2) is 22.7 Å². The van der Waals surface area contributed by atoms with Crippen LogP contribution in [0.5, 0.6) is 5.75 Å². The van der Waals surface area contributed by atoms with Crippen molar-refractivity contribution in [3.8, 4) is 5.75 Å². The summed E-state index contributed by atoms with van der Waals surface area (Å²) in [5.74, 6) is 0.863. The molecule has 2 aliphatic rings. The summed E-state index contributed by atoms with van der Waals surface area (Å²) in [7, 11) is 0. The molecule has 3 rings (SSSR count). The van der Waals surface area contributed by atoms with Crippen molar-refractivity contribution in [1.29, 1.82) is 0 Å². The van der Waals surface area contributed by atoms with Crippen LogP contribution in [0.1, 0.15) is 44.1 Å². The number of halogens is 1. The highest BCUT2D eigenvalue weighted by Crippen LogP contribution is 2.41. The summed E-state index contributed by atoms with van der Waals surface area (Å²) >= 11 is 3.52. The number of ether oxygens (including phenoxy) is 2. The van der Waals surface area contributed by atoms with E-state index in [0.29, 0.717) is 0 Å². The van der Waals surface area contributed by atoms with Crippen LogP contribution in [-0.2, 0) is 11.3 Å². The Morgan fingerprint density at radius 1 is 1.35 bits per heavy atom. The third kappa shape index (κ3) is 3.02. The number of aliphatic hydroxyl groups is 1. The van der Waals surface area contributed by atoms with Crippen LogP contribution in [0, 0.1) is 0 Å². The van der Waals surface area contributed by atoms with Gasteiger partial charge in [0.05, 0.1) is 23.3 Å². The van der Waals surface area contributed by atoms with Crippen LogP contribution < -0.4 is 4.74 Å².